The number of rotatable bonds is 5. The van der Waals surface area contributed by atoms with E-state index in [-0.39, 0.29) is 16.5 Å². The third kappa shape index (κ3) is 3.94. The van der Waals surface area contributed by atoms with Crippen LogP contribution < -0.4 is 10.0 Å². The van der Waals surface area contributed by atoms with E-state index < -0.39 is 10.0 Å². The van der Waals surface area contributed by atoms with Gasteiger partial charge in [-0.25, -0.2) is 18.4 Å². The van der Waals surface area contributed by atoms with Crippen LogP contribution in [0.4, 0.5) is 17.3 Å². The van der Waals surface area contributed by atoms with E-state index in [1.807, 2.05) is 42.5 Å². The molecule has 0 amide bonds. The number of para-hydroxylation sites is 2. The minimum absolute atomic E-state index is 0.0297. The van der Waals surface area contributed by atoms with Crippen LogP contribution in [-0.2, 0) is 10.0 Å². The lowest BCUT2D eigenvalue weighted by molar-refractivity contribution is 0.602. The van der Waals surface area contributed by atoms with Gasteiger partial charge in [-0.05, 0) is 42.5 Å². The van der Waals surface area contributed by atoms with E-state index in [2.05, 4.69) is 44.7 Å². The number of hydrogen-bond acceptors (Lipinski definition) is 8. The van der Waals surface area contributed by atoms with Gasteiger partial charge in [-0.15, -0.1) is 0 Å². The predicted molar refractivity (Wildman–Crippen MR) is 125 cm³/mol. The van der Waals surface area contributed by atoms with Crippen molar-refractivity contribution < 1.29 is 8.42 Å². The molecule has 0 aliphatic carbocycles. The monoisotopic (exact) mass is 512 g/mol. The van der Waals surface area contributed by atoms with Gasteiger partial charge in [-0.2, -0.15) is 8.75 Å². The first-order valence-corrected chi connectivity index (χ1v) is 12.0. The molecule has 0 aliphatic heterocycles. The van der Waals surface area contributed by atoms with E-state index in [9.17, 15) is 8.42 Å². The summed E-state index contributed by atoms with van der Waals surface area (Å²) in [7, 11) is -4.00. The summed E-state index contributed by atoms with van der Waals surface area (Å²) in [5.74, 6) is 0.364. The third-order valence-corrected chi connectivity index (χ3v) is 6.83. The number of anilines is 3. The van der Waals surface area contributed by atoms with E-state index in [4.69, 9.17) is 0 Å². The standard InChI is InChI=1S/C20H13BrN6O2S2/c21-12-5-3-6-13(11-12)22-19-20(24-15-8-2-1-7-14(15)23-19)27-31(28,29)17-10-4-9-16-18(17)26-30-25-16/h1-11H,(H,22,23)(H,24,27). The normalized spacial score (nSPS) is 11.6. The quantitative estimate of drug-likeness (QED) is 0.343. The molecule has 0 radical (unpaired) electrons. The molecule has 0 bridgehead atoms. The predicted octanol–water partition coefficient (Wildman–Crippen LogP) is 4.94. The van der Waals surface area contributed by atoms with Gasteiger partial charge in [0.05, 0.1) is 22.8 Å². The fourth-order valence-corrected chi connectivity index (χ4v) is 5.22. The molecule has 8 nitrogen and oxygen atoms in total. The summed E-state index contributed by atoms with van der Waals surface area (Å²) in [6, 6.07) is 19.5. The second kappa shape index (κ2) is 7.84. The van der Waals surface area contributed by atoms with E-state index in [0.717, 1.165) is 21.9 Å². The maximum atomic E-state index is 13.2. The summed E-state index contributed by atoms with van der Waals surface area (Å²) in [6.07, 6.45) is 0. The van der Waals surface area contributed by atoms with Gasteiger partial charge in [-0.3, -0.25) is 4.72 Å². The van der Waals surface area contributed by atoms with Crippen molar-refractivity contribution in [3.8, 4) is 0 Å². The summed E-state index contributed by atoms with van der Waals surface area (Å²) in [6.45, 7) is 0. The van der Waals surface area contributed by atoms with Gasteiger partial charge in [0, 0.05) is 10.2 Å². The maximum Gasteiger partial charge on any atom is 0.265 e. The van der Waals surface area contributed by atoms with E-state index in [1.54, 1.807) is 18.2 Å². The second-order valence-electron chi connectivity index (χ2n) is 6.54. The summed E-state index contributed by atoms with van der Waals surface area (Å²) < 4.78 is 38.2. The lowest BCUT2D eigenvalue weighted by Crippen LogP contribution is -2.16. The maximum absolute atomic E-state index is 13.2. The van der Waals surface area contributed by atoms with Crippen LogP contribution in [0.3, 0.4) is 0 Å². The highest BCUT2D eigenvalue weighted by atomic mass is 79.9. The topological polar surface area (TPSA) is 110 Å². The van der Waals surface area contributed by atoms with Gasteiger partial charge < -0.3 is 5.32 Å². The molecule has 2 heterocycles. The minimum atomic E-state index is -4.00. The van der Waals surface area contributed by atoms with Crippen LogP contribution >= 0.6 is 27.7 Å². The SMILES string of the molecule is O=S(=O)(Nc1nc2ccccc2nc1Nc1cccc(Br)c1)c1cccc2nsnc12. The fourth-order valence-electron chi connectivity index (χ4n) is 3.04. The molecular formula is C20H13BrN6O2S2. The largest absolute Gasteiger partial charge is 0.337 e. The van der Waals surface area contributed by atoms with Crippen molar-refractivity contribution in [1.82, 2.24) is 18.7 Å². The number of sulfonamides is 1. The Labute approximate surface area is 189 Å². The Morgan fingerprint density at radius 1 is 0.806 bits per heavy atom. The molecule has 0 atom stereocenters. The molecule has 2 N–H and O–H groups in total. The molecule has 0 fully saturated rings. The van der Waals surface area contributed by atoms with Gasteiger partial charge in [-0.1, -0.05) is 40.2 Å². The van der Waals surface area contributed by atoms with Crippen LogP contribution in [0, 0.1) is 0 Å². The highest BCUT2D eigenvalue weighted by Crippen LogP contribution is 2.29. The fraction of sp³-hybridized carbons (Fsp3) is 0. The van der Waals surface area contributed by atoms with Crippen LogP contribution in [0.5, 0.6) is 0 Å². The average molecular weight is 513 g/mol. The molecule has 0 aliphatic rings. The molecule has 0 saturated heterocycles. The summed E-state index contributed by atoms with van der Waals surface area (Å²) in [5.41, 5.74) is 2.76. The molecule has 154 valence electrons. The third-order valence-electron chi connectivity index (χ3n) is 4.43. The molecule has 5 aromatic rings. The Morgan fingerprint density at radius 2 is 1.52 bits per heavy atom. The minimum Gasteiger partial charge on any atom is -0.337 e. The van der Waals surface area contributed by atoms with E-state index >= 15 is 0 Å². The first-order valence-electron chi connectivity index (χ1n) is 9.03. The van der Waals surface area contributed by atoms with Crippen LogP contribution in [-0.4, -0.2) is 27.1 Å². The number of hydrogen-bond donors (Lipinski definition) is 2. The molecule has 11 heteroatoms. The highest BCUT2D eigenvalue weighted by Gasteiger charge is 2.22. The van der Waals surface area contributed by atoms with Crippen molar-refractivity contribution in [2.45, 2.75) is 4.90 Å². The van der Waals surface area contributed by atoms with Crippen LogP contribution in [0.2, 0.25) is 0 Å². The van der Waals surface area contributed by atoms with Gasteiger partial charge >= 0.3 is 0 Å². The molecule has 0 spiro atoms. The van der Waals surface area contributed by atoms with Crippen molar-refractivity contribution in [3.05, 3.63) is 71.2 Å². The lowest BCUT2D eigenvalue weighted by Gasteiger charge is -2.14. The van der Waals surface area contributed by atoms with Gasteiger partial charge in [0.1, 0.15) is 15.9 Å². The van der Waals surface area contributed by atoms with Crippen molar-refractivity contribution in [1.29, 1.82) is 0 Å². The first-order chi connectivity index (χ1) is 15.0. The second-order valence-corrected chi connectivity index (χ2v) is 9.63. The first kappa shape index (κ1) is 19.8. The number of fused-ring (bicyclic) bond motifs is 2. The van der Waals surface area contributed by atoms with Gasteiger partial charge in [0.15, 0.2) is 11.6 Å². The van der Waals surface area contributed by atoms with Crippen molar-refractivity contribution >= 4 is 77.1 Å². The number of halogens is 1. The Bertz CT molecular complexity index is 1540. The van der Waals surface area contributed by atoms with Gasteiger partial charge in [0.25, 0.3) is 10.0 Å². The molecular weight excluding hydrogens is 500 g/mol. The van der Waals surface area contributed by atoms with Gasteiger partial charge in [0.2, 0.25) is 0 Å². The van der Waals surface area contributed by atoms with Crippen LogP contribution in [0.15, 0.2) is 76.1 Å². The Morgan fingerprint density at radius 3 is 2.29 bits per heavy atom. The summed E-state index contributed by atoms with van der Waals surface area (Å²) in [4.78, 5) is 9.13. The smallest absolute Gasteiger partial charge is 0.265 e. The lowest BCUT2D eigenvalue weighted by atomic mass is 10.3. The molecule has 0 saturated carbocycles. The zero-order chi connectivity index (χ0) is 21.4. The van der Waals surface area contributed by atoms with Crippen LogP contribution in [0.1, 0.15) is 0 Å². The Balaban J connectivity index is 1.62. The number of nitrogens with one attached hydrogen (secondary N) is 2. The molecule has 0 unspecified atom stereocenters. The molecule has 31 heavy (non-hydrogen) atoms. The average Bonchev–Trinajstić information content (AvgIpc) is 3.23. The molecule has 5 rings (SSSR count). The molecule has 2 aromatic heterocycles. The zero-order valence-corrected chi connectivity index (χ0v) is 18.9. The van der Waals surface area contributed by atoms with E-state index in [0.29, 0.717) is 22.1 Å². The number of nitrogens with zero attached hydrogens (tertiary/aromatic N) is 4. The zero-order valence-electron chi connectivity index (χ0n) is 15.7. The van der Waals surface area contributed by atoms with Crippen molar-refractivity contribution in [2.24, 2.45) is 0 Å². The molecule has 3 aromatic carbocycles. The number of aromatic nitrogens is 4. The highest BCUT2D eigenvalue weighted by molar-refractivity contribution is 9.10. The summed E-state index contributed by atoms with van der Waals surface area (Å²) in [5, 5.41) is 3.16. The van der Waals surface area contributed by atoms with Crippen LogP contribution in [0.25, 0.3) is 22.1 Å². The van der Waals surface area contributed by atoms with Crippen molar-refractivity contribution in [3.63, 3.8) is 0 Å². The van der Waals surface area contributed by atoms with Crippen molar-refractivity contribution in [2.75, 3.05) is 10.0 Å². The Hall–Kier alpha value is -3.15. The van der Waals surface area contributed by atoms with E-state index in [1.165, 1.54) is 6.07 Å². The Kier molecular flexibility index (Phi) is 5.00. The number of benzene rings is 3. The summed E-state index contributed by atoms with van der Waals surface area (Å²) >= 11 is 4.39.